The van der Waals surface area contributed by atoms with Crippen LogP contribution in [-0.2, 0) is 6.42 Å². The van der Waals surface area contributed by atoms with E-state index < -0.39 is 6.09 Å². The van der Waals surface area contributed by atoms with Crippen LogP contribution in [0.15, 0.2) is 36.5 Å². The molecule has 1 aromatic heterocycles. The average Bonchev–Trinajstić information content (AvgIpc) is 2.58. The molecule has 26 heavy (non-hydrogen) atoms. The number of nitrogens with zero attached hydrogens (tertiary/aromatic N) is 2. The molecule has 2 aromatic rings. The molecule has 0 radical (unpaired) electrons. The number of ether oxygens (including phenoxy) is 1. The second-order valence-corrected chi connectivity index (χ2v) is 6.94. The van der Waals surface area contributed by atoms with Crippen LogP contribution in [0.5, 0.6) is 5.75 Å². The predicted molar refractivity (Wildman–Crippen MR) is 99.3 cm³/mol. The fourth-order valence-electron chi connectivity index (χ4n) is 2.70. The van der Waals surface area contributed by atoms with E-state index in [0.29, 0.717) is 36.5 Å². The molecule has 1 fully saturated rings. The molecule has 138 valence electrons. The third-order valence-electron chi connectivity index (χ3n) is 4.07. The van der Waals surface area contributed by atoms with Gasteiger partial charge in [0.25, 0.3) is 0 Å². The minimum Gasteiger partial charge on any atom is -0.485 e. The summed E-state index contributed by atoms with van der Waals surface area (Å²) in [5.41, 5.74) is 2.07. The summed E-state index contributed by atoms with van der Waals surface area (Å²) in [6.45, 7) is 3.15. The van der Waals surface area contributed by atoms with Crippen LogP contribution in [0, 0.1) is 12.7 Å². The van der Waals surface area contributed by atoms with Gasteiger partial charge in [0.2, 0.25) is 0 Å². The van der Waals surface area contributed by atoms with Crippen LogP contribution in [0.25, 0.3) is 0 Å². The van der Waals surface area contributed by atoms with Crippen LogP contribution < -0.4 is 14.4 Å². The first-order valence-electron chi connectivity index (χ1n) is 8.25. The SMILES string of the molecule is Cc1ccc(OC2CN(c3cccc(CCSNC(=O)O)c3F)C2)cn1. The molecule has 0 bridgehead atoms. The van der Waals surface area contributed by atoms with Crippen molar-refractivity contribution in [2.24, 2.45) is 0 Å². The summed E-state index contributed by atoms with van der Waals surface area (Å²) in [5.74, 6) is 0.940. The number of carbonyl (C=O) groups is 1. The second kappa shape index (κ2) is 8.27. The Morgan fingerprint density at radius 1 is 1.42 bits per heavy atom. The highest BCUT2D eigenvalue weighted by atomic mass is 32.2. The van der Waals surface area contributed by atoms with E-state index in [9.17, 15) is 9.18 Å². The zero-order chi connectivity index (χ0) is 18.5. The van der Waals surface area contributed by atoms with E-state index in [0.717, 1.165) is 23.4 Å². The highest BCUT2D eigenvalue weighted by molar-refractivity contribution is 7.97. The molecule has 2 heterocycles. The fourth-order valence-corrected chi connectivity index (χ4v) is 3.25. The van der Waals surface area contributed by atoms with E-state index in [1.54, 1.807) is 18.3 Å². The van der Waals surface area contributed by atoms with Gasteiger partial charge in [-0.25, -0.2) is 9.18 Å². The lowest BCUT2D eigenvalue weighted by Gasteiger charge is -2.40. The Morgan fingerprint density at radius 3 is 2.92 bits per heavy atom. The first-order valence-corrected chi connectivity index (χ1v) is 9.24. The minimum absolute atomic E-state index is 0.0119. The molecule has 2 N–H and O–H groups in total. The first-order chi connectivity index (χ1) is 12.5. The number of benzene rings is 1. The number of rotatable bonds is 7. The number of aryl methyl sites for hydroxylation is 2. The Morgan fingerprint density at radius 2 is 2.23 bits per heavy atom. The Bertz CT molecular complexity index is 767. The van der Waals surface area contributed by atoms with Crippen molar-refractivity contribution in [3.8, 4) is 5.75 Å². The van der Waals surface area contributed by atoms with Gasteiger partial charge in [-0.05, 0) is 49.1 Å². The lowest BCUT2D eigenvalue weighted by atomic mass is 10.1. The quantitative estimate of drug-likeness (QED) is 0.570. The predicted octanol–water partition coefficient (Wildman–Crippen LogP) is 3.26. The lowest BCUT2D eigenvalue weighted by Crippen LogP contribution is -2.54. The van der Waals surface area contributed by atoms with Gasteiger partial charge in [0.15, 0.2) is 0 Å². The standard InChI is InChI=1S/C18H20FN3O3S/c1-12-5-6-14(9-20-12)25-15-10-22(11-15)16-4-2-3-13(17(16)19)7-8-26-21-18(23)24/h2-6,9,15,21H,7-8,10-11H2,1H3,(H,23,24). The van der Waals surface area contributed by atoms with Crippen molar-refractivity contribution in [3.05, 3.63) is 53.6 Å². The van der Waals surface area contributed by atoms with Crippen molar-refractivity contribution in [1.29, 1.82) is 0 Å². The molecule has 1 aromatic carbocycles. The molecule has 0 atom stereocenters. The monoisotopic (exact) mass is 377 g/mol. The second-order valence-electron chi connectivity index (χ2n) is 6.04. The van der Waals surface area contributed by atoms with Crippen LogP contribution in [0.4, 0.5) is 14.9 Å². The first kappa shape index (κ1) is 18.3. The molecule has 0 saturated carbocycles. The van der Waals surface area contributed by atoms with Gasteiger partial charge in [-0.1, -0.05) is 12.1 Å². The molecule has 0 spiro atoms. The maximum Gasteiger partial charge on any atom is 0.414 e. The van der Waals surface area contributed by atoms with Gasteiger partial charge in [0.05, 0.1) is 25.0 Å². The van der Waals surface area contributed by atoms with E-state index in [1.165, 1.54) is 0 Å². The molecule has 3 rings (SSSR count). The third-order valence-corrected chi connectivity index (χ3v) is 4.79. The average molecular weight is 377 g/mol. The number of carboxylic acid groups (broad SMARTS) is 1. The number of aromatic nitrogens is 1. The number of amides is 1. The summed E-state index contributed by atoms with van der Waals surface area (Å²) in [5, 5.41) is 8.54. The van der Waals surface area contributed by atoms with Gasteiger partial charge >= 0.3 is 6.09 Å². The molecule has 8 heteroatoms. The number of hydrogen-bond donors (Lipinski definition) is 2. The van der Waals surface area contributed by atoms with Gasteiger partial charge in [-0.2, -0.15) is 0 Å². The number of pyridine rings is 1. The van der Waals surface area contributed by atoms with Crippen molar-refractivity contribution < 1.29 is 19.0 Å². The molecule has 1 aliphatic rings. The third kappa shape index (κ3) is 4.57. The van der Waals surface area contributed by atoms with Gasteiger partial charge in [0, 0.05) is 11.4 Å². The van der Waals surface area contributed by atoms with E-state index in [1.807, 2.05) is 30.0 Å². The topological polar surface area (TPSA) is 74.7 Å². The lowest BCUT2D eigenvalue weighted by molar-refractivity contribution is 0.166. The molecule has 6 nitrogen and oxygen atoms in total. The molecular weight excluding hydrogens is 357 g/mol. The highest BCUT2D eigenvalue weighted by Crippen LogP contribution is 2.28. The zero-order valence-corrected chi connectivity index (χ0v) is 15.1. The van der Waals surface area contributed by atoms with Crippen molar-refractivity contribution in [2.45, 2.75) is 19.4 Å². The highest BCUT2D eigenvalue weighted by Gasteiger charge is 2.30. The summed E-state index contributed by atoms with van der Waals surface area (Å²) in [6.07, 6.45) is 1.06. The molecule has 1 saturated heterocycles. The fraction of sp³-hybridized carbons (Fsp3) is 0.333. The molecule has 0 unspecified atom stereocenters. The number of anilines is 1. The summed E-state index contributed by atoms with van der Waals surface area (Å²) < 4.78 is 22.7. The summed E-state index contributed by atoms with van der Waals surface area (Å²) in [7, 11) is 0. The van der Waals surface area contributed by atoms with E-state index in [2.05, 4.69) is 9.71 Å². The van der Waals surface area contributed by atoms with Crippen LogP contribution in [0.1, 0.15) is 11.3 Å². The molecular formula is C18H20FN3O3S. The Hall–Kier alpha value is -2.48. The van der Waals surface area contributed by atoms with Crippen molar-refractivity contribution in [1.82, 2.24) is 9.71 Å². The Balaban J connectivity index is 1.53. The van der Waals surface area contributed by atoms with Gasteiger partial charge < -0.3 is 14.7 Å². The number of nitrogens with one attached hydrogen (secondary N) is 1. The summed E-state index contributed by atoms with van der Waals surface area (Å²) in [6, 6.07) is 9.08. The van der Waals surface area contributed by atoms with Crippen molar-refractivity contribution >= 4 is 23.7 Å². The maximum atomic E-state index is 14.7. The normalized spacial score (nSPS) is 14.0. The molecule has 1 amide bonds. The number of halogens is 1. The molecule has 1 aliphatic heterocycles. The van der Waals surface area contributed by atoms with Crippen LogP contribution >= 0.6 is 11.9 Å². The van der Waals surface area contributed by atoms with E-state index in [4.69, 9.17) is 9.84 Å². The van der Waals surface area contributed by atoms with Gasteiger partial charge in [-0.15, -0.1) is 0 Å². The van der Waals surface area contributed by atoms with Crippen LogP contribution in [-0.4, -0.2) is 41.1 Å². The zero-order valence-electron chi connectivity index (χ0n) is 14.3. The summed E-state index contributed by atoms with van der Waals surface area (Å²) >= 11 is 1.05. The Kier molecular flexibility index (Phi) is 5.82. The van der Waals surface area contributed by atoms with Crippen molar-refractivity contribution in [3.63, 3.8) is 0 Å². The molecule has 0 aliphatic carbocycles. The van der Waals surface area contributed by atoms with Crippen LogP contribution in [0.3, 0.4) is 0 Å². The van der Waals surface area contributed by atoms with E-state index in [-0.39, 0.29) is 11.9 Å². The smallest absolute Gasteiger partial charge is 0.414 e. The Labute approximate surface area is 155 Å². The van der Waals surface area contributed by atoms with Gasteiger partial charge in [0.1, 0.15) is 17.7 Å². The van der Waals surface area contributed by atoms with Crippen LogP contribution in [0.2, 0.25) is 0 Å². The number of hydrogen-bond acceptors (Lipinski definition) is 5. The largest absolute Gasteiger partial charge is 0.485 e. The van der Waals surface area contributed by atoms with Gasteiger partial charge in [-0.3, -0.25) is 9.71 Å². The minimum atomic E-state index is -1.10. The van der Waals surface area contributed by atoms with E-state index >= 15 is 0 Å². The summed E-state index contributed by atoms with van der Waals surface area (Å²) in [4.78, 5) is 16.6. The van der Waals surface area contributed by atoms with Crippen molar-refractivity contribution in [2.75, 3.05) is 23.7 Å². The maximum absolute atomic E-state index is 14.7.